The fourth-order valence-corrected chi connectivity index (χ4v) is 5.11. The van der Waals surface area contributed by atoms with E-state index < -0.39 is 30.1 Å². The Morgan fingerprint density at radius 3 is 2.17 bits per heavy atom. The Labute approximate surface area is 205 Å². The number of ether oxygens (including phenoxy) is 1. The van der Waals surface area contributed by atoms with Crippen LogP contribution in [0.15, 0.2) is 48.5 Å². The lowest BCUT2D eigenvalue weighted by molar-refractivity contribution is -0.159. The number of aliphatic carboxylic acids is 1. The summed E-state index contributed by atoms with van der Waals surface area (Å²) in [6.07, 6.45) is 3.31. The van der Waals surface area contributed by atoms with Crippen LogP contribution in [0, 0.1) is 5.92 Å². The lowest BCUT2D eigenvalue weighted by Crippen LogP contribution is -2.45. The molecule has 0 bridgehead atoms. The molecule has 0 heterocycles. The molecular weight excluding hydrogens is 448 g/mol. The molecule has 2 aromatic rings. The van der Waals surface area contributed by atoms with Crippen LogP contribution in [0.1, 0.15) is 62.5 Å². The summed E-state index contributed by atoms with van der Waals surface area (Å²) in [6.45, 7) is 1.53. The van der Waals surface area contributed by atoms with E-state index in [1.54, 1.807) is 0 Å². The second-order valence-electron chi connectivity index (χ2n) is 9.30. The van der Waals surface area contributed by atoms with Gasteiger partial charge in [0.1, 0.15) is 6.61 Å². The lowest BCUT2D eigenvalue weighted by Gasteiger charge is -2.30. The summed E-state index contributed by atoms with van der Waals surface area (Å²) in [7, 11) is 0. The number of benzene rings is 2. The van der Waals surface area contributed by atoms with Crippen LogP contribution in [0.5, 0.6) is 0 Å². The van der Waals surface area contributed by atoms with Crippen LogP contribution in [0.3, 0.4) is 0 Å². The van der Waals surface area contributed by atoms with Gasteiger partial charge in [-0.3, -0.25) is 9.63 Å². The minimum Gasteiger partial charge on any atom is -0.479 e. The molecule has 3 N–H and O–H groups in total. The number of rotatable bonds is 9. The number of carboxylic acids is 1. The van der Waals surface area contributed by atoms with Crippen molar-refractivity contribution in [3.63, 3.8) is 0 Å². The Hall–Kier alpha value is -3.39. The fourth-order valence-electron chi connectivity index (χ4n) is 5.11. The van der Waals surface area contributed by atoms with Crippen molar-refractivity contribution in [1.82, 2.24) is 10.8 Å². The average molecular weight is 481 g/mol. The zero-order chi connectivity index (χ0) is 24.8. The number of carbonyl (C=O) groups excluding carboxylic acids is 2. The van der Waals surface area contributed by atoms with Crippen LogP contribution in [0.4, 0.5) is 4.79 Å². The van der Waals surface area contributed by atoms with Crippen molar-refractivity contribution in [2.24, 2.45) is 5.92 Å². The zero-order valence-corrected chi connectivity index (χ0v) is 19.9. The molecule has 0 aromatic heterocycles. The largest absolute Gasteiger partial charge is 0.479 e. The summed E-state index contributed by atoms with van der Waals surface area (Å²) >= 11 is 0. The highest BCUT2D eigenvalue weighted by molar-refractivity contribution is 5.79. The van der Waals surface area contributed by atoms with Crippen molar-refractivity contribution < 1.29 is 29.1 Å². The summed E-state index contributed by atoms with van der Waals surface area (Å²) in [5.41, 5.74) is 6.77. The first kappa shape index (κ1) is 24.7. The van der Waals surface area contributed by atoms with Crippen molar-refractivity contribution in [3.05, 3.63) is 59.7 Å². The van der Waals surface area contributed by atoms with Crippen molar-refractivity contribution >= 4 is 18.0 Å². The van der Waals surface area contributed by atoms with Crippen molar-refractivity contribution in [3.8, 4) is 11.1 Å². The number of fused-ring (bicyclic) bond motifs is 3. The summed E-state index contributed by atoms with van der Waals surface area (Å²) in [4.78, 5) is 41.1. The highest BCUT2D eigenvalue weighted by Crippen LogP contribution is 2.44. The summed E-state index contributed by atoms with van der Waals surface area (Å²) < 4.78 is 5.68. The lowest BCUT2D eigenvalue weighted by atomic mass is 9.82. The number of carboxylic acid groups (broad SMARTS) is 1. The molecule has 8 heteroatoms. The van der Waals surface area contributed by atoms with Gasteiger partial charge in [-0.15, -0.1) is 0 Å². The van der Waals surface area contributed by atoms with Crippen LogP contribution in [0.25, 0.3) is 11.1 Å². The second kappa shape index (κ2) is 11.4. The molecule has 0 aliphatic heterocycles. The highest BCUT2D eigenvalue weighted by Gasteiger charge is 2.31. The molecular formula is C27H32N2O6. The fraction of sp³-hybridized carbons (Fsp3) is 0.444. The van der Waals surface area contributed by atoms with Crippen molar-refractivity contribution in [2.75, 3.05) is 6.61 Å². The minimum atomic E-state index is -1.18. The Morgan fingerprint density at radius 2 is 1.57 bits per heavy atom. The van der Waals surface area contributed by atoms with E-state index in [9.17, 15) is 14.4 Å². The molecule has 8 nitrogen and oxygen atoms in total. The molecule has 2 aliphatic rings. The SMILES string of the molecule is CC(ONC(=O)CC(NC(=O)OCC1c2ccccc2-c2ccccc21)C1CCCCC1)C(=O)O. The number of carbonyl (C=O) groups is 3. The minimum absolute atomic E-state index is 0.0127. The molecule has 2 aliphatic carbocycles. The Kier molecular flexibility index (Phi) is 8.02. The smallest absolute Gasteiger partial charge is 0.407 e. The average Bonchev–Trinajstić information content (AvgIpc) is 3.19. The molecule has 186 valence electrons. The maximum absolute atomic E-state index is 12.8. The predicted octanol–water partition coefficient (Wildman–Crippen LogP) is 4.39. The molecule has 2 amide bonds. The van der Waals surface area contributed by atoms with E-state index in [0.29, 0.717) is 0 Å². The molecule has 0 saturated heterocycles. The molecule has 0 radical (unpaired) electrons. The van der Waals surface area contributed by atoms with E-state index >= 15 is 0 Å². The maximum atomic E-state index is 12.8. The van der Waals surface area contributed by atoms with E-state index in [4.69, 9.17) is 14.7 Å². The van der Waals surface area contributed by atoms with Crippen LogP contribution >= 0.6 is 0 Å². The van der Waals surface area contributed by atoms with Crippen LogP contribution in [-0.2, 0) is 19.2 Å². The molecule has 2 unspecified atom stereocenters. The molecule has 4 rings (SSSR count). The van der Waals surface area contributed by atoms with Gasteiger partial charge in [-0.2, -0.15) is 0 Å². The molecule has 2 atom stereocenters. The van der Waals surface area contributed by atoms with Gasteiger partial charge in [0.05, 0.1) is 0 Å². The van der Waals surface area contributed by atoms with Gasteiger partial charge in [0.2, 0.25) is 5.91 Å². The van der Waals surface area contributed by atoms with Gasteiger partial charge < -0.3 is 15.2 Å². The Bertz CT molecular complexity index is 1020. The van der Waals surface area contributed by atoms with E-state index in [2.05, 4.69) is 35.1 Å². The van der Waals surface area contributed by atoms with E-state index in [1.807, 2.05) is 24.3 Å². The second-order valence-corrected chi connectivity index (χ2v) is 9.30. The Morgan fingerprint density at radius 1 is 0.971 bits per heavy atom. The molecule has 1 saturated carbocycles. The third-order valence-electron chi connectivity index (χ3n) is 6.97. The molecule has 0 spiro atoms. The van der Waals surface area contributed by atoms with Crippen molar-refractivity contribution in [2.45, 2.75) is 63.5 Å². The standard InChI is InChI=1S/C27H32N2O6/c1-17(26(31)32)35-29-25(30)15-24(18-9-3-2-4-10-18)28-27(33)34-16-23-21-13-7-5-11-19(21)20-12-6-8-14-22(20)23/h5-8,11-14,17-18,23-24H,2-4,9-10,15-16H2,1H3,(H,28,33)(H,29,30)(H,31,32). The van der Waals surface area contributed by atoms with Crippen molar-refractivity contribution in [1.29, 1.82) is 0 Å². The van der Waals surface area contributed by atoms with Crippen LogP contribution in [-0.4, -0.2) is 41.8 Å². The van der Waals surface area contributed by atoms with Gasteiger partial charge in [0.25, 0.3) is 0 Å². The van der Waals surface area contributed by atoms with Gasteiger partial charge >= 0.3 is 12.1 Å². The van der Waals surface area contributed by atoms with Crippen LogP contribution < -0.4 is 10.8 Å². The van der Waals surface area contributed by atoms with Gasteiger partial charge in [0.15, 0.2) is 6.10 Å². The summed E-state index contributed by atoms with van der Waals surface area (Å²) in [5, 5.41) is 11.8. The normalized spacial score (nSPS) is 17.1. The maximum Gasteiger partial charge on any atom is 0.407 e. The van der Waals surface area contributed by atoms with Crippen LogP contribution in [0.2, 0.25) is 0 Å². The molecule has 2 aromatic carbocycles. The highest BCUT2D eigenvalue weighted by atomic mass is 16.7. The number of hydrogen-bond acceptors (Lipinski definition) is 5. The summed E-state index contributed by atoms with van der Waals surface area (Å²) in [5.74, 6) is -1.55. The number of hydrogen-bond donors (Lipinski definition) is 3. The third kappa shape index (κ3) is 6.00. The molecule has 35 heavy (non-hydrogen) atoms. The van der Waals surface area contributed by atoms with Gasteiger partial charge in [-0.05, 0) is 47.9 Å². The Balaban J connectivity index is 1.38. The topological polar surface area (TPSA) is 114 Å². The quantitative estimate of drug-likeness (QED) is 0.459. The zero-order valence-electron chi connectivity index (χ0n) is 19.9. The van der Waals surface area contributed by atoms with E-state index in [0.717, 1.165) is 54.4 Å². The number of hydroxylamine groups is 1. The first-order valence-electron chi connectivity index (χ1n) is 12.2. The number of amides is 2. The third-order valence-corrected chi connectivity index (χ3v) is 6.97. The number of nitrogens with one attached hydrogen (secondary N) is 2. The first-order chi connectivity index (χ1) is 16.9. The van der Waals surface area contributed by atoms with Gasteiger partial charge in [-0.25, -0.2) is 15.1 Å². The first-order valence-corrected chi connectivity index (χ1v) is 12.2. The monoisotopic (exact) mass is 480 g/mol. The van der Waals surface area contributed by atoms with Gasteiger partial charge in [-0.1, -0.05) is 67.8 Å². The van der Waals surface area contributed by atoms with E-state index in [1.165, 1.54) is 6.92 Å². The van der Waals surface area contributed by atoms with Gasteiger partial charge in [0, 0.05) is 18.4 Å². The summed E-state index contributed by atoms with van der Waals surface area (Å²) in [6, 6.07) is 15.9. The predicted molar refractivity (Wildman–Crippen MR) is 130 cm³/mol. The molecule has 1 fully saturated rings. The van der Waals surface area contributed by atoms with E-state index in [-0.39, 0.29) is 24.9 Å². The number of alkyl carbamates (subject to hydrolysis) is 1.